The predicted molar refractivity (Wildman–Crippen MR) is 77.6 cm³/mol. The molecule has 0 unspecified atom stereocenters. The average molecular weight is 292 g/mol. The van der Waals surface area contributed by atoms with Gasteiger partial charge in [-0.3, -0.25) is 19.6 Å². The van der Waals surface area contributed by atoms with Crippen LogP contribution in [-0.4, -0.2) is 15.5 Å². The smallest absolute Gasteiger partial charge is 0.263 e. The molecule has 0 saturated carbocycles. The van der Waals surface area contributed by atoms with Crippen molar-refractivity contribution in [2.24, 2.45) is 5.84 Å². The second kappa shape index (κ2) is 4.99. The summed E-state index contributed by atoms with van der Waals surface area (Å²) in [6.07, 6.45) is 4.23. The summed E-state index contributed by atoms with van der Waals surface area (Å²) in [6.45, 7) is 1.65. The van der Waals surface area contributed by atoms with E-state index >= 15 is 0 Å². The van der Waals surface area contributed by atoms with Crippen LogP contribution in [0.15, 0.2) is 4.79 Å². The molecule has 106 valence electrons. The molecule has 2 aromatic heterocycles. The number of amides is 1. The van der Waals surface area contributed by atoms with E-state index in [0.717, 1.165) is 29.7 Å². The number of aryl methyl sites for hydroxylation is 3. The SMILES string of the molecule is Cc1nc2sc3c(c2c(=O)n1CC(=O)NN)CCCC3. The summed E-state index contributed by atoms with van der Waals surface area (Å²) >= 11 is 1.61. The topological polar surface area (TPSA) is 90.0 Å². The Bertz CT molecular complexity index is 747. The van der Waals surface area contributed by atoms with E-state index in [-0.39, 0.29) is 12.1 Å². The summed E-state index contributed by atoms with van der Waals surface area (Å²) in [4.78, 5) is 30.6. The van der Waals surface area contributed by atoms with Crippen LogP contribution in [-0.2, 0) is 24.2 Å². The number of thiophene rings is 1. The van der Waals surface area contributed by atoms with Crippen LogP contribution < -0.4 is 16.8 Å². The van der Waals surface area contributed by atoms with Crippen molar-refractivity contribution in [1.29, 1.82) is 0 Å². The fourth-order valence-corrected chi connectivity index (χ4v) is 4.01. The van der Waals surface area contributed by atoms with Gasteiger partial charge in [-0.15, -0.1) is 11.3 Å². The van der Waals surface area contributed by atoms with Crippen molar-refractivity contribution in [2.45, 2.75) is 39.2 Å². The maximum Gasteiger partial charge on any atom is 0.263 e. The average Bonchev–Trinajstić information content (AvgIpc) is 2.81. The van der Waals surface area contributed by atoms with E-state index in [1.165, 1.54) is 15.9 Å². The van der Waals surface area contributed by atoms with Gasteiger partial charge in [0.05, 0.1) is 5.39 Å². The van der Waals surface area contributed by atoms with Crippen molar-refractivity contribution in [3.05, 3.63) is 26.6 Å². The first-order chi connectivity index (χ1) is 9.61. The summed E-state index contributed by atoms with van der Waals surface area (Å²) in [5.74, 6) is 5.23. The number of carbonyl (C=O) groups is 1. The summed E-state index contributed by atoms with van der Waals surface area (Å²) in [6, 6.07) is 0. The highest BCUT2D eigenvalue weighted by molar-refractivity contribution is 7.18. The Morgan fingerprint density at radius 3 is 2.95 bits per heavy atom. The molecule has 0 saturated heterocycles. The molecule has 0 bridgehead atoms. The van der Waals surface area contributed by atoms with Crippen molar-refractivity contribution in [2.75, 3.05) is 0 Å². The maximum absolute atomic E-state index is 12.6. The summed E-state index contributed by atoms with van der Waals surface area (Å²) < 4.78 is 1.39. The third-order valence-electron chi connectivity index (χ3n) is 3.73. The second-order valence-corrected chi connectivity index (χ2v) is 6.09. The molecule has 1 amide bonds. The monoisotopic (exact) mass is 292 g/mol. The normalized spacial score (nSPS) is 14.3. The molecular weight excluding hydrogens is 276 g/mol. The van der Waals surface area contributed by atoms with E-state index < -0.39 is 5.91 Å². The molecule has 3 rings (SSSR count). The van der Waals surface area contributed by atoms with Gasteiger partial charge in [0.1, 0.15) is 17.2 Å². The lowest BCUT2D eigenvalue weighted by molar-refractivity contribution is -0.121. The Hall–Kier alpha value is -1.73. The lowest BCUT2D eigenvalue weighted by Gasteiger charge is -2.11. The van der Waals surface area contributed by atoms with E-state index in [0.29, 0.717) is 11.2 Å². The first-order valence-corrected chi connectivity index (χ1v) is 7.44. The van der Waals surface area contributed by atoms with Crippen LogP contribution >= 0.6 is 11.3 Å². The lowest BCUT2D eigenvalue weighted by Crippen LogP contribution is -2.37. The van der Waals surface area contributed by atoms with Gasteiger partial charge in [-0.1, -0.05) is 0 Å². The molecule has 2 heterocycles. The van der Waals surface area contributed by atoms with Crippen molar-refractivity contribution in [1.82, 2.24) is 15.0 Å². The fourth-order valence-electron chi connectivity index (χ4n) is 2.72. The van der Waals surface area contributed by atoms with Crippen molar-refractivity contribution >= 4 is 27.5 Å². The summed E-state index contributed by atoms with van der Waals surface area (Å²) in [5, 5.41) is 0.695. The molecule has 6 nitrogen and oxygen atoms in total. The van der Waals surface area contributed by atoms with E-state index in [1.54, 1.807) is 18.3 Å². The van der Waals surface area contributed by atoms with Crippen molar-refractivity contribution < 1.29 is 4.79 Å². The van der Waals surface area contributed by atoms with Crippen LogP contribution in [0.4, 0.5) is 0 Å². The van der Waals surface area contributed by atoms with Crippen molar-refractivity contribution in [3.63, 3.8) is 0 Å². The molecule has 20 heavy (non-hydrogen) atoms. The van der Waals surface area contributed by atoms with Crippen LogP contribution in [0, 0.1) is 6.92 Å². The number of hydrazine groups is 1. The van der Waals surface area contributed by atoms with Crippen molar-refractivity contribution in [3.8, 4) is 0 Å². The number of hydrogen-bond acceptors (Lipinski definition) is 5. The third kappa shape index (κ3) is 2.03. The quantitative estimate of drug-likeness (QED) is 0.483. The van der Waals surface area contributed by atoms with Gasteiger partial charge >= 0.3 is 0 Å². The number of fused-ring (bicyclic) bond motifs is 3. The minimum absolute atomic E-state index is 0.0886. The van der Waals surface area contributed by atoms with E-state index in [1.807, 2.05) is 5.43 Å². The number of hydrogen-bond donors (Lipinski definition) is 2. The van der Waals surface area contributed by atoms with E-state index in [4.69, 9.17) is 5.84 Å². The lowest BCUT2D eigenvalue weighted by atomic mass is 9.97. The Labute approximate surface area is 119 Å². The summed E-state index contributed by atoms with van der Waals surface area (Å²) in [5.41, 5.74) is 3.05. The van der Waals surface area contributed by atoms with E-state index in [9.17, 15) is 9.59 Å². The van der Waals surface area contributed by atoms with Crippen LogP contribution in [0.5, 0.6) is 0 Å². The standard InChI is InChI=1S/C13H16N4O2S/c1-7-15-12-11(8-4-2-3-5-9(8)20-12)13(19)17(7)6-10(18)16-14/h2-6,14H2,1H3,(H,16,18). The van der Waals surface area contributed by atoms with Crippen LogP contribution in [0.25, 0.3) is 10.2 Å². The zero-order valence-corrected chi connectivity index (χ0v) is 12.0. The Balaban J connectivity index is 2.22. The number of nitrogens with two attached hydrogens (primary N) is 1. The van der Waals surface area contributed by atoms with Gasteiger partial charge in [0.15, 0.2) is 0 Å². The van der Waals surface area contributed by atoms with Gasteiger partial charge < -0.3 is 0 Å². The van der Waals surface area contributed by atoms with Gasteiger partial charge in [0, 0.05) is 4.88 Å². The molecule has 1 aliphatic carbocycles. The van der Waals surface area contributed by atoms with Crippen LogP contribution in [0.2, 0.25) is 0 Å². The molecule has 0 aromatic carbocycles. The van der Waals surface area contributed by atoms with Gasteiger partial charge in [-0.2, -0.15) is 0 Å². The van der Waals surface area contributed by atoms with Gasteiger partial charge in [0.2, 0.25) is 0 Å². The highest BCUT2D eigenvalue weighted by atomic mass is 32.1. The molecule has 1 aliphatic rings. The third-order valence-corrected chi connectivity index (χ3v) is 4.91. The molecule has 0 fully saturated rings. The van der Waals surface area contributed by atoms with Gasteiger partial charge in [-0.25, -0.2) is 10.8 Å². The van der Waals surface area contributed by atoms with Crippen LogP contribution in [0.1, 0.15) is 29.1 Å². The highest BCUT2D eigenvalue weighted by Crippen LogP contribution is 2.33. The molecule has 0 atom stereocenters. The fraction of sp³-hybridized carbons (Fsp3) is 0.462. The first-order valence-electron chi connectivity index (χ1n) is 6.63. The minimum atomic E-state index is -0.402. The zero-order valence-electron chi connectivity index (χ0n) is 11.2. The largest absolute Gasteiger partial charge is 0.293 e. The van der Waals surface area contributed by atoms with E-state index in [2.05, 4.69) is 4.98 Å². The molecule has 0 radical (unpaired) electrons. The number of carbonyl (C=O) groups excluding carboxylic acids is 1. The molecule has 7 heteroatoms. The highest BCUT2D eigenvalue weighted by Gasteiger charge is 2.21. The Kier molecular flexibility index (Phi) is 3.31. The first kappa shape index (κ1) is 13.3. The molecule has 0 aliphatic heterocycles. The number of aromatic nitrogens is 2. The summed E-state index contributed by atoms with van der Waals surface area (Å²) in [7, 11) is 0. The maximum atomic E-state index is 12.6. The van der Waals surface area contributed by atoms with Crippen LogP contribution in [0.3, 0.4) is 0 Å². The minimum Gasteiger partial charge on any atom is -0.293 e. The Morgan fingerprint density at radius 1 is 1.45 bits per heavy atom. The van der Waals surface area contributed by atoms with Gasteiger partial charge in [-0.05, 0) is 38.2 Å². The number of nitrogens with one attached hydrogen (secondary N) is 1. The number of nitrogens with zero attached hydrogens (tertiary/aromatic N) is 2. The predicted octanol–water partition coefficient (Wildman–Crippen LogP) is 0.635. The number of rotatable bonds is 2. The Morgan fingerprint density at radius 2 is 2.20 bits per heavy atom. The molecular formula is C13H16N4O2S. The molecule has 2 aromatic rings. The zero-order chi connectivity index (χ0) is 14.3. The second-order valence-electron chi connectivity index (χ2n) is 5.01. The molecule has 0 spiro atoms. The van der Waals surface area contributed by atoms with Gasteiger partial charge in [0.25, 0.3) is 11.5 Å². The molecule has 3 N–H and O–H groups in total.